The molecule has 4 heterocycles. The monoisotopic (exact) mass is 361 g/mol. The van der Waals surface area contributed by atoms with Crippen molar-refractivity contribution >= 4 is 17.1 Å². The van der Waals surface area contributed by atoms with Crippen molar-refractivity contribution in [1.82, 2.24) is 24.5 Å². The first-order valence-corrected chi connectivity index (χ1v) is 7.78. The lowest BCUT2D eigenvalue weighted by atomic mass is 10.1. The third-order valence-electron chi connectivity index (χ3n) is 4.17. The van der Waals surface area contributed by atoms with Crippen molar-refractivity contribution < 1.29 is 24.5 Å². The van der Waals surface area contributed by atoms with Crippen LogP contribution >= 0.6 is 0 Å². The lowest BCUT2D eigenvalue weighted by Gasteiger charge is -2.16. The van der Waals surface area contributed by atoms with Crippen LogP contribution in [0.2, 0.25) is 0 Å². The van der Waals surface area contributed by atoms with E-state index < -0.39 is 36.1 Å². The van der Waals surface area contributed by atoms with Gasteiger partial charge in [-0.15, -0.1) is 0 Å². The van der Waals surface area contributed by atoms with E-state index in [0.717, 1.165) is 0 Å². The number of nitrogens with zero attached hydrogens (tertiary/aromatic N) is 3. The standard InChI is InChI=1S/C15H15N5O6/c21-10-8(4-25-15(24)7-2-1-3-16-7)26-14(11(10)22)20-6-19-9-12(20)17-5-18-13(9)23/h1-3,5-6,8,10-11,14,16,21-22H,4H2,(H,17,18,23)/t8-,10-,11-,14-/m1/s1. The second-order valence-corrected chi connectivity index (χ2v) is 5.78. The molecule has 1 fully saturated rings. The van der Waals surface area contributed by atoms with E-state index in [1.807, 2.05) is 0 Å². The first-order chi connectivity index (χ1) is 12.6. The molecular weight excluding hydrogens is 346 g/mol. The summed E-state index contributed by atoms with van der Waals surface area (Å²) in [6.07, 6.45) is -0.516. The predicted octanol–water partition coefficient (Wildman–Crippen LogP) is -1.08. The van der Waals surface area contributed by atoms with Crippen LogP contribution in [-0.4, -0.2) is 65.6 Å². The molecule has 0 radical (unpaired) electrons. The molecule has 0 amide bonds. The van der Waals surface area contributed by atoms with Gasteiger partial charge in [0.05, 0.1) is 12.7 Å². The van der Waals surface area contributed by atoms with Gasteiger partial charge in [0.25, 0.3) is 5.56 Å². The molecule has 3 aromatic heterocycles. The van der Waals surface area contributed by atoms with Crippen molar-refractivity contribution in [2.24, 2.45) is 0 Å². The summed E-state index contributed by atoms with van der Waals surface area (Å²) in [4.78, 5) is 36.7. The number of hydrogen-bond donors (Lipinski definition) is 4. The number of hydrogen-bond acceptors (Lipinski definition) is 8. The molecule has 11 nitrogen and oxygen atoms in total. The second-order valence-electron chi connectivity index (χ2n) is 5.78. The number of rotatable bonds is 4. The average Bonchev–Trinajstić information content (AvgIpc) is 3.35. The summed E-state index contributed by atoms with van der Waals surface area (Å²) < 4.78 is 12.1. The molecule has 0 aromatic carbocycles. The fourth-order valence-electron chi connectivity index (χ4n) is 2.84. The molecule has 0 aliphatic carbocycles. The molecular formula is C15H15N5O6. The number of H-pyrrole nitrogens is 2. The van der Waals surface area contributed by atoms with Crippen LogP contribution in [-0.2, 0) is 9.47 Å². The first kappa shape index (κ1) is 16.4. The molecule has 4 atom stereocenters. The highest BCUT2D eigenvalue weighted by Gasteiger charge is 2.45. The molecule has 0 bridgehead atoms. The third kappa shape index (κ3) is 2.67. The zero-order valence-electron chi connectivity index (χ0n) is 13.3. The Morgan fingerprint density at radius 2 is 2.15 bits per heavy atom. The number of aliphatic hydroxyl groups excluding tert-OH is 2. The van der Waals surface area contributed by atoms with Gasteiger partial charge >= 0.3 is 5.97 Å². The van der Waals surface area contributed by atoms with Gasteiger partial charge in [0.15, 0.2) is 17.4 Å². The highest BCUT2D eigenvalue weighted by molar-refractivity contribution is 5.87. The van der Waals surface area contributed by atoms with Gasteiger partial charge in [-0.3, -0.25) is 9.36 Å². The Hall–Kier alpha value is -3.02. The minimum atomic E-state index is -1.32. The van der Waals surface area contributed by atoms with Crippen LogP contribution in [0.1, 0.15) is 16.7 Å². The molecule has 26 heavy (non-hydrogen) atoms. The van der Waals surface area contributed by atoms with Crippen LogP contribution < -0.4 is 5.56 Å². The topological polar surface area (TPSA) is 155 Å². The fraction of sp³-hybridized carbons (Fsp3) is 0.333. The number of nitrogens with one attached hydrogen (secondary N) is 2. The smallest absolute Gasteiger partial charge is 0.354 e. The van der Waals surface area contributed by atoms with E-state index in [1.165, 1.54) is 17.2 Å². The average molecular weight is 361 g/mol. The van der Waals surface area contributed by atoms with E-state index in [4.69, 9.17) is 9.47 Å². The zero-order valence-corrected chi connectivity index (χ0v) is 13.3. The number of carbonyl (C=O) groups is 1. The van der Waals surface area contributed by atoms with E-state index in [2.05, 4.69) is 19.9 Å². The maximum absolute atomic E-state index is 11.9. The van der Waals surface area contributed by atoms with Gasteiger partial charge in [-0.2, -0.15) is 0 Å². The molecule has 1 aliphatic heterocycles. The van der Waals surface area contributed by atoms with Gasteiger partial charge in [-0.1, -0.05) is 0 Å². The van der Waals surface area contributed by atoms with Crippen molar-refractivity contribution in [2.45, 2.75) is 24.5 Å². The van der Waals surface area contributed by atoms with Crippen molar-refractivity contribution in [3.05, 3.63) is 47.0 Å². The number of imidazole rings is 1. The normalized spacial score (nSPS) is 25.6. The number of carbonyl (C=O) groups excluding carboxylic acids is 1. The largest absolute Gasteiger partial charge is 0.458 e. The number of esters is 1. The maximum atomic E-state index is 11.9. The van der Waals surface area contributed by atoms with Crippen LogP contribution in [0.15, 0.2) is 35.8 Å². The van der Waals surface area contributed by atoms with Gasteiger partial charge in [-0.05, 0) is 12.1 Å². The highest BCUT2D eigenvalue weighted by atomic mass is 16.6. The number of fused-ring (bicyclic) bond motifs is 1. The van der Waals surface area contributed by atoms with Gasteiger partial charge < -0.3 is 29.7 Å². The van der Waals surface area contributed by atoms with Crippen LogP contribution in [0.5, 0.6) is 0 Å². The number of aromatic amines is 2. The van der Waals surface area contributed by atoms with E-state index in [-0.39, 0.29) is 23.5 Å². The fourth-order valence-corrected chi connectivity index (χ4v) is 2.84. The quantitative estimate of drug-likeness (QED) is 0.428. The molecule has 0 unspecified atom stereocenters. The SMILES string of the molecule is O=C(OC[C@H]1O[C@@H](n2cnc3c(=O)[nH]cnc32)[C@H](O)[C@@H]1O)c1ccc[nH]1. The number of aliphatic hydroxyl groups is 2. The molecule has 0 saturated carbocycles. The molecule has 4 N–H and O–H groups in total. The van der Waals surface area contributed by atoms with E-state index >= 15 is 0 Å². The van der Waals surface area contributed by atoms with E-state index in [0.29, 0.717) is 0 Å². The van der Waals surface area contributed by atoms with Crippen LogP contribution in [0.3, 0.4) is 0 Å². The zero-order chi connectivity index (χ0) is 18.3. The van der Waals surface area contributed by atoms with Crippen molar-refractivity contribution in [1.29, 1.82) is 0 Å². The molecule has 1 aliphatic rings. The summed E-state index contributed by atoms with van der Waals surface area (Å²) in [5.74, 6) is -0.606. The summed E-state index contributed by atoms with van der Waals surface area (Å²) in [6.45, 7) is -0.257. The Morgan fingerprint density at radius 1 is 1.31 bits per heavy atom. The molecule has 3 aromatic rings. The van der Waals surface area contributed by atoms with Crippen molar-refractivity contribution in [2.75, 3.05) is 6.61 Å². The van der Waals surface area contributed by atoms with E-state index in [1.54, 1.807) is 18.3 Å². The van der Waals surface area contributed by atoms with Gasteiger partial charge in [0.2, 0.25) is 0 Å². The Labute approximate surface area is 145 Å². The molecule has 1 saturated heterocycles. The van der Waals surface area contributed by atoms with E-state index in [9.17, 15) is 19.8 Å². The Morgan fingerprint density at radius 3 is 2.92 bits per heavy atom. The summed E-state index contributed by atoms with van der Waals surface area (Å²) in [5, 5.41) is 20.5. The summed E-state index contributed by atoms with van der Waals surface area (Å²) in [5.41, 5.74) is 0.116. The third-order valence-corrected chi connectivity index (χ3v) is 4.17. The molecule has 4 rings (SSSR count). The summed E-state index contributed by atoms with van der Waals surface area (Å²) in [6, 6.07) is 3.20. The summed E-state index contributed by atoms with van der Waals surface area (Å²) in [7, 11) is 0. The summed E-state index contributed by atoms with van der Waals surface area (Å²) >= 11 is 0. The Kier molecular flexibility index (Phi) is 4.03. The lowest BCUT2D eigenvalue weighted by Crippen LogP contribution is -2.34. The number of ether oxygens (including phenoxy) is 2. The van der Waals surface area contributed by atoms with Gasteiger partial charge in [-0.25, -0.2) is 14.8 Å². The molecule has 136 valence electrons. The Bertz CT molecular complexity index is 980. The number of aromatic nitrogens is 5. The highest BCUT2D eigenvalue weighted by Crippen LogP contribution is 2.31. The van der Waals surface area contributed by atoms with Crippen LogP contribution in [0.25, 0.3) is 11.2 Å². The molecule has 0 spiro atoms. The van der Waals surface area contributed by atoms with Crippen molar-refractivity contribution in [3.63, 3.8) is 0 Å². The molecule has 11 heteroatoms. The minimum absolute atomic E-state index is 0.0828. The van der Waals surface area contributed by atoms with Crippen LogP contribution in [0, 0.1) is 0 Å². The van der Waals surface area contributed by atoms with Crippen LogP contribution in [0.4, 0.5) is 0 Å². The van der Waals surface area contributed by atoms with Gasteiger partial charge in [0.1, 0.15) is 30.6 Å². The van der Waals surface area contributed by atoms with Crippen molar-refractivity contribution in [3.8, 4) is 0 Å². The lowest BCUT2D eigenvalue weighted by molar-refractivity contribution is -0.0566. The minimum Gasteiger partial charge on any atom is -0.458 e. The first-order valence-electron chi connectivity index (χ1n) is 7.78. The van der Waals surface area contributed by atoms with Gasteiger partial charge in [0, 0.05) is 6.20 Å². The second kappa shape index (κ2) is 6.37. The predicted molar refractivity (Wildman–Crippen MR) is 85.1 cm³/mol. The maximum Gasteiger partial charge on any atom is 0.354 e. The Balaban J connectivity index is 1.51.